The molecule has 2 aromatic rings. The second kappa shape index (κ2) is 13.5. The zero-order chi connectivity index (χ0) is 29.4. The van der Waals surface area contributed by atoms with Gasteiger partial charge in [0.05, 0.1) is 16.7 Å². The van der Waals surface area contributed by atoms with Gasteiger partial charge in [-0.05, 0) is 38.5 Å². The number of esters is 5. The molecule has 0 aliphatic carbocycles. The van der Waals surface area contributed by atoms with Gasteiger partial charge in [-0.2, -0.15) is 0 Å². The van der Waals surface area contributed by atoms with Crippen LogP contribution in [0.3, 0.4) is 0 Å². The molecule has 0 amide bonds. The highest BCUT2D eigenvalue weighted by Crippen LogP contribution is 2.49. The number of hydrogen-bond acceptors (Lipinski definition) is 10. The Morgan fingerprint density at radius 3 is 1.69 bits per heavy atom. The van der Waals surface area contributed by atoms with E-state index in [-0.39, 0.29) is 45.8 Å². The van der Waals surface area contributed by atoms with Gasteiger partial charge in [0.2, 0.25) is 0 Å². The molecule has 10 nitrogen and oxygen atoms in total. The molecule has 10 heteroatoms. The van der Waals surface area contributed by atoms with Crippen LogP contribution in [0, 0.1) is 5.92 Å². The van der Waals surface area contributed by atoms with Crippen molar-refractivity contribution >= 4 is 40.6 Å². The quantitative estimate of drug-likeness (QED) is 0.214. The lowest BCUT2D eigenvalue weighted by Gasteiger charge is -2.24. The fraction of sp³-hybridized carbons (Fsp3) is 0.414. The highest BCUT2D eigenvalue weighted by Gasteiger charge is 2.30. The standard InChI is InChI=1S/C29H34O10/c1-9-16(4)29(34)39-22(11-10-15(2)3)21-14-25(37-19(7)32)26-23(35-17(5)30)12-13-24(36-18(6)31)27(26)28(21)38-20(8)33/h10,12-14,16,22H,9,11H2,1-8H3. The molecular formula is C29H34O10. The lowest BCUT2D eigenvalue weighted by atomic mass is 9.96. The molecule has 210 valence electrons. The number of fused-ring (bicyclic) bond motifs is 1. The van der Waals surface area contributed by atoms with Crippen molar-refractivity contribution < 1.29 is 47.7 Å². The van der Waals surface area contributed by atoms with Crippen LogP contribution >= 0.6 is 0 Å². The number of ether oxygens (including phenoxy) is 5. The lowest BCUT2D eigenvalue weighted by Crippen LogP contribution is -2.19. The average Bonchev–Trinajstić information content (AvgIpc) is 2.82. The molecule has 2 rings (SSSR count). The minimum Gasteiger partial charge on any atom is -0.457 e. The Labute approximate surface area is 227 Å². The summed E-state index contributed by atoms with van der Waals surface area (Å²) in [6.07, 6.45) is 1.57. The third-order valence-electron chi connectivity index (χ3n) is 5.52. The van der Waals surface area contributed by atoms with Gasteiger partial charge in [0, 0.05) is 39.7 Å². The lowest BCUT2D eigenvalue weighted by molar-refractivity contribution is -0.154. The second-order valence-electron chi connectivity index (χ2n) is 9.23. The number of rotatable bonds is 10. The minimum absolute atomic E-state index is 0.00897. The molecule has 0 fully saturated rings. The Morgan fingerprint density at radius 1 is 0.744 bits per heavy atom. The number of carbonyl (C=O) groups excluding carboxylic acids is 5. The van der Waals surface area contributed by atoms with Gasteiger partial charge in [0.15, 0.2) is 0 Å². The van der Waals surface area contributed by atoms with Crippen LogP contribution in [0.5, 0.6) is 23.0 Å². The van der Waals surface area contributed by atoms with Crippen molar-refractivity contribution in [2.75, 3.05) is 0 Å². The summed E-state index contributed by atoms with van der Waals surface area (Å²) < 4.78 is 27.8. The summed E-state index contributed by atoms with van der Waals surface area (Å²) in [5, 5.41) is 0.0445. The van der Waals surface area contributed by atoms with Gasteiger partial charge in [-0.3, -0.25) is 24.0 Å². The van der Waals surface area contributed by atoms with Crippen molar-refractivity contribution in [1.82, 2.24) is 0 Å². The van der Waals surface area contributed by atoms with Gasteiger partial charge < -0.3 is 23.7 Å². The SMILES string of the molecule is CCC(C)C(=O)OC(CC=C(C)C)c1cc(OC(C)=O)c2c(OC(C)=O)ccc(OC(C)=O)c2c1OC(C)=O. The van der Waals surface area contributed by atoms with E-state index in [2.05, 4.69) is 0 Å². The third kappa shape index (κ3) is 8.39. The first-order chi connectivity index (χ1) is 18.2. The molecule has 2 aromatic carbocycles. The van der Waals surface area contributed by atoms with Crippen LogP contribution in [0.1, 0.15) is 79.9 Å². The molecule has 0 saturated heterocycles. The number of hydrogen-bond donors (Lipinski definition) is 0. The average molecular weight is 543 g/mol. The third-order valence-corrected chi connectivity index (χ3v) is 5.52. The second-order valence-corrected chi connectivity index (χ2v) is 9.23. The number of benzene rings is 2. The van der Waals surface area contributed by atoms with Crippen LogP contribution in [0.2, 0.25) is 0 Å². The van der Waals surface area contributed by atoms with E-state index in [0.717, 1.165) is 5.57 Å². The maximum absolute atomic E-state index is 12.9. The van der Waals surface area contributed by atoms with Crippen LogP contribution in [-0.4, -0.2) is 29.8 Å². The Balaban J connectivity index is 3.11. The largest absolute Gasteiger partial charge is 0.457 e. The molecule has 0 bridgehead atoms. The van der Waals surface area contributed by atoms with Crippen molar-refractivity contribution in [2.45, 2.75) is 74.3 Å². The molecule has 0 heterocycles. The number of allylic oxidation sites excluding steroid dienone is 1. The van der Waals surface area contributed by atoms with Crippen LogP contribution in [-0.2, 0) is 28.7 Å². The summed E-state index contributed by atoms with van der Waals surface area (Å²) in [6, 6.07) is 4.10. The summed E-state index contributed by atoms with van der Waals surface area (Å²) in [7, 11) is 0. The van der Waals surface area contributed by atoms with E-state index in [1.807, 2.05) is 26.8 Å². The molecule has 0 saturated carbocycles. The van der Waals surface area contributed by atoms with Crippen molar-refractivity contribution in [1.29, 1.82) is 0 Å². The highest BCUT2D eigenvalue weighted by molar-refractivity contribution is 6.06. The summed E-state index contributed by atoms with van der Waals surface area (Å²) >= 11 is 0. The van der Waals surface area contributed by atoms with E-state index in [1.165, 1.54) is 45.9 Å². The maximum Gasteiger partial charge on any atom is 0.309 e. The van der Waals surface area contributed by atoms with Crippen molar-refractivity contribution in [3.05, 3.63) is 35.4 Å². The first kappa shape index (κ1) is 31.0. The number of carbonyl (C=O) groups is 5. The van der Waals surface area contributed by atoms with E-state index in [4.69, 9.17) is 23.7 Å². The summed E-state index contributed by atoms with van der Waals surface area (Å²) in [6.45, 7) is 12.0. The first-order valence-corrected chi connectivity index (χ1v) is 12.5. The highest BCUT2D eigenvalue weighted by atomic mass is 16.6. The Hall–Kier alpha value is -4.21. The topological polar surface area (TPSA) is 132 Å². The van der Waals surface area contributed by atoms with Crippen LogP contribution in [0.15, 0.2) is 29.8 Å². The molecule has 39 heavy (non-hydrogen) atoms. The molecule has 0 aliphatic rings. The molecule has 0 spiro atoms. The maximum atomic E-state index is 12.9. The van der Waals surface area contributed by atoms with Crippen molar-refractivity contribution in [2.24, 2.45) is 5.92 Å². The predicted octanol–water partition coefficient (Wildman–Crippen LogP) is 5.53. The monoisotopic (exact) mass is 542 g/mol. The van der Waals surface area contributed by atoms with Gasteiger partial charge in [0.25, 0.3) is 0 Å². The van der Waals surface area contributed by atoms with Gasteiger partial charge in [-0.15, -0.1) is 0 Å². The fourth-order valence-corrected chi connectivity index (χ4v) is 3.67. The molecule has 0 aromatic heterocycles. The van der Waals surface area contributed by atoms with E-state index in [0.29, 0.717) is 6.42 Å². The first-order valence-electron chi connectivity index (χ1n) is 12.5. The predicted molar refractivity (Wildman–Crippen MR) is 142 cm³/mol. The molecule has 2 unspecified atom stereocenters. The fourth-order valence-electron chi connectivity index (χ4n) is 3.67. The van der Waals surface area contributed by atoms with Crippen LogP contribution in [0.25, 0.3) is 10.8 Å². The van der Waals surface area contributed by atoms with Gasteiger partial charge >= 0.3 is 29.8 Å². The Morgan fingerprint density at radius 2 is 1.23 bits per heavy atom. The van der Waals surface area contributed by atoms with Crippen LogP contribution < -0.4 is 18.9 Å². The normalized spacial score (nSPS) is 12.1. The molecule has 0 aliphatic heterocycles. The Bertz CT molecular complexity index is 1320. The van der Waals surface area contributed by atoms with E-state index < -0.39 is 41.9 Å². The van der Waals surface area contributed by atoms with E-state index in [1.54, 1.807) is 6.92 Å². The van der Waals surface area contributed by atoms with Crippen molar-refractivity contribution in [3.8, 4) is 23.0 Å². The molecule has 0 N–H and O–H groups in total. The minimum atomic E-state index is -0.989. The summed E-state index contributed by atoms with van der Waals surface area (Å²) in [5.74, 6) is -3.99. The van der Waals surface area contributed by atoms with Crippen molar-refractivity contribution in [3.63, 3.8) is 0 Å². The van der Waals surface area contributed by atoms with Crippen LogP contribution in [0.4, 0.5) is 0 Å². The zero-order valence-electron chi connectivity index (χ0n) is 23.5. The molecule has 0 radical (unpaired) electrons. The van der Waals surface area contributed by atoms with E-state index in [9.17, 15) is 24.0 Å². The molecular weight excluding hydrogens is 508 g/mol. The molecule has 2 atom stereocenters. The van der Waals surface area contributed by atoms with Gasteiger partial charge in [-0.1, -0.05) is 25.5 Å². The zero-order valence-corrected chi connectivity index (χ0v) is 23.5. The Kier molecular flexibility index (Phi) is 10.8. The van der Waals surface area contributed by atoms with Gasteiger partial charge in [0.1, 0.15) is 29.1 Å². The summed E-state index contributed by atoms with van der Waals surface area (Å²) in [4.78, 5) is 61.2. The van der Waals surface area contributed by atoms with E-state index >= 15 is 0 Å². The summed E-state index contributed by atoms with van der Waals surface area (Å²) in [5.41, 5.74) is 1.11. The smallest absolute Gasteiger partial charge is 0.309 e. The van der Waals surface area contributed by atoms with Gasteiger partial charge in [-0.25, -0.2) is 0 Å².